The van der Waals surface area contributed by atoms with Crippen LogP contribution in [-0.2, 0) is 4.79 Å². The fourth-order valence-corrected chi connectivity index (χ4v) is 3.07. The lowest BCUT2D eigenvalue weighted by atomic mass is 10.1. The van der Waals surface area contributed by atoms with Crippen LogP contribution in [0.5, 0.6) is 5.75 Å². The molecule has 4 rings (SSSR count). The number of ether oxygens (including phenoxy) is 1. The maximum atomic E-state index is 12.4. The molecule has 0 bridgehead atoms. The number of fused-ring (bicyclic) bond motifs is 3. The van der Waals surface area contributed by atoms with E-state index < -0.39 is 6.10 Å². The van der Waals surface area contributed by atoms with E-state index in [1.54, 1.807) is 37.3 Å². The molecule has 5 nitrogen and oxygen atoms in total. The summed E-state index contributed by atoms with van der Waals surface area (Å²) in [4.78, 5) is 23.8. The first kappa shape index (κ1) is 17.8. The first-order chi connectivity index (χ1) is 13.5. The number of hydrogen-bond acceptors (Lipinski definition) is 4. The van der Waals surface area contributed by atoms with Crippen molar-refractivity contribution in [2.24, 2.45) is 0 Å². The fourth-order valence-electron chi connectivity index (χ4n) is 3.07. The monoisotopic (exact) mass is 373 g/mol. The van der Waals surface area contributed by atoms with Crippen LogP contribution in [0.15, 0.2) is 71.1 Å². The average molecular weight is 373 g/mol. The standard InChI is InChI=1S/C23H19NO4/c1-14(25)16-7-9-17(10-8-16)24-23(26)15(2)27-18-11-12-22-20(13-18)19-5-3-4-6-21(19)28-22/h3-13,15H,1-2H3,(H,24,26). The van der Waals surface area contributed by atoms with Crippen LogP contribution >= 0.6 is 0 Å². The van der Waals surface area contributed by atoms with Crippen LogP contribution in [0.25, 0.3) is 21.9 Å². The van der Waals surface area contributed by atoms with Crippen molar-refractivity contribution in [2.75, 3.05) is 5.32 Å². The van der Waals surface area contributed by atoms with Gasteiger partial charge in [-0.05, 0) is 62.4 Å². The van der Waals surface area contributed by atoms with Crippen LogP contribution in [0.2, 0.25) is 0 Å². The first-order valence-electron chi connectivity index (χ1n) is 9.01. The highest BCUT2D eigenvalue weighted by Crippen LogP contribution is 2.31. The Kier molecular flexibility index (Phi) is 4.57. The summed E-state index contributed by atoms with van der Waals surface area (Å²) in [6.07, 6.45) is -0.692. The Morgan fingerprint density at radius 2 is 1.64 bits per heavy atom. The number of amides is 1. The van der Waals surface area contributed by atoms with Gasteiger partial charge in [0.2, 0.25) is 0 Å². The number of ketones is 1. The molecule has 0 fully saturated rings. The van der Waals surface area contributed by atoms with Gasteiger partial charge in [-0.3, -0.25) is 9.59 Å². The average Bonchev–Trinajstić information content (AvgIpc) is 3.06. The van der Waals surface area contributed by atoms with Crippen LogP contribution < -0.4 is 10.1 Å². The second-order valence-corrected chi connectivity index (χ2v) is 6.64. The summed E-state index contributed by atoms with van der Waals surface area (Å²) in [6, 6.07) is 20.1. The fraction of sp³-hybridized carbons (Fsp3) is 0.130. The van der Waals surface area contributed by atoms with E-state index in [0.29, 0.717) is 17.0 Å². The summed E-state index contributed by atoms with van der Waals surface area (Å²) >= 11 is 0. The second kappa shape index (κ2) is 7.19. The molecule has 1 aromatic heterocycles. The van der Waals surface area contributed by atoms with Crippen molar-refractivity contribution in [1.29, 1.82) is 0 Å². The number of carbonyl (C=O) groups is 2. The van der Waals surface area contributed by atoms with Gasteiger partial charge in [0.05, 0.1) is 0 Å². The number of para-hydroxylation sites is 1. The number of Topliss-reactive ketones (excluding diaryl/α,β-unsaturated/α-hetero) is 1. The summed E-state index contributed by atoms with van der Waals surface area (Å²) in [7, 11) is 0. The lowest BCUT2D eigenvalue weighted by Crippen LogP contribution is -2.30. The van der Waals surface area contributed by atoms with Gasteiger partial charge < -0.3 is 14.5 Å². The number of benzene rings is 3. The summed E-state index contributed by atoms with van der Waals surface area (Å²) in [5.41, 5.74) is 2.80. The van der Waals surface area contributed by atoms with E-state index in [4.69, 9.17) is 9.15 Å². The zero-order valence-electron chi connectivity index (χ0n) is 15.6. The van der Waals surface area contributed by atoms with E-state index in [0.717, 1.165) is 21.9 Å². The lowest BCUT2D eigenvalue weighted by molar-refractivity contribution is -0.122. The SMILES string of the molecule is CC(=O)c1ccc(NC(=O)C(C)Oc2ccc3oc4ccccc4c3c2)cc1. The summed E-state index contributed by atoms with van der Waals surface area (Å²) in [6.45, 7) is 3.19. The molecule has 5 heteroatoms. The maximum absolute atomic E-state index is 12.4. The van der Waals surface area contributed by atoms with Gasteiger partial charge in [0, 0.05) is 22.0 Å². The molecule has 140 valence electrons. The van der Waals surface area contributed by atoms with E-state index in [-0.39, 0.29) is 11.7 Å². The van der Waals surface area contributed by atoms with Crippen LogP contribution in [0.3, 0.4) is 0 Å². The first-order valence-corrected chi connectivity index (χ1v) is 9.01. The Hall–Kier alpha value is -3.60. The van der Waals surface area contributed by atoms with E-state index >= 15 is 0 Å². The van der Waals surface area contributed by atoms with Gasteiger partial charge in [0.25, 0.3) is 5.91 Å². The van der Waals surface area contributed by atoms with Crippen LogP contribution in [0, 0.1) is 0 Å². The summed E-state index contributed by atoms with van der Waals surface area (Å²) < 4.78 is 11.6. The van der Waals surface area contributed by atoms with Crippen molar-refractivity contribution in [3.8, 4) is 5.75 Å². The largest absolute Gasteiger partial charge is 0.481 e. The number of hydrogen-bond donors (Lipinski definition) is 1. The van der Waals surface area contributed by atoms with E-state index in [1.165, 1.54) is 6.92 Å². The minimum Gasteiger partial charge on any atom is -0.481 e. The van der Waals surface area contributed by atoms with E-state index in [2.05, 4.69) is 5.32 Å². The molecule has 0 radical (unpaired) electrons. The molecule has 1 amide bonds. The van der Waals surface area contributed by atoms with Crippen molar-refractivity contribution >= 4 is 39.3 Å². The molecular formula is C23H19NO4. The number of carbonyl (C=O) groups excluding carboxylic acids is 2. The molecular weight excluding hydrogens is 354 g/mol. The van der Waals surface area contributed by atoms with Crippen LogP contribution in [0.4, 0.5) is 5.69 Å². The number of anilines is 1. The zero-order valence-corrected chi connectivity index (χ0v) is 15.6. The van der Waals surface area contributed by atoms with Gasteiger partial charge in [-0.2, -0.15) is 0 Å². The Morgan fingerprint density at radius 3 is 2.39 bits per heavy atom. The highest BCUT2D eigenvalue weighted by atomic mass is 16.5. The molecule has 0 aliphatic carbocycles. The van der Waals surface area contributed by atoms with Gasteiger partial charge in [-0.15, -0.1) is 0 Å². The third-order valence-corrected chi connectivity index (χ3v) is 4.59. The molecule has 0 spiro atoms. The van der Waals surface area contributed by atoms with Gasteiger partial charge in [0.1, 0.15) is 16.9 Å². The van der Waals surface area contributed by atoms with Crippen LogP contribution in [-0.4, -0.2) is 17.8 Å². The number of nitrogens with one attached hydrogen (secondary N) is 1. The van der Waals surface area contributed by atoms with Gasteiger partial charge in [-0.1, -0.05) is 18.2 Å². The highest BCUT2D eigenvalue weighted by Gasteiger charge is 2.16. The van der Waals surface area contributed by atoms with Gasteiger partial charge >= 0.3 is 0 Å². The second-order valence-electron chi connectivity index (χ2n) is 6.64. The van der Waals surface area contributed by atoms with Crippen molar-refractivity contribution in [3.63, 3.8) is 0 Å². The molecule has 1 atom stereocenters. The number of rotatable bonds is 5. The Morgan fingerprint density at radius 1 is 0.929 bits per heavy atom. The maximum Gasteiger partial charge on any atom is 0.265 e. The van der Waals surface area contributed by atoms with Crippen LogP contribution in [0.1, 0.15) is 24.2 Å². The predicted octanol–water partition coefficient (Wildman–Crippen LogP) is 5.19. The molecule has 0 aliphatic heterocycles. The minimum atomic E-state index is -0.692. The Labute approximate surface area is 161 Å². The van der Waals surface area contributed by atoms with E-state index in [9.17, 15) is 9.59 Å². The summed E-state index contributed by atoms with van der Waals surface area (Å²) in [5.74, 6) is 0.304. The summed E-state index contributed by atoms with van der Waals surface area (Å²) in [5, 5.41) is 4.75. The minimum absolute atomic E-state index is 0.0169. The van der Waals surface area contributed by atoms with Crippen molar-refractivity contribution in [2.45, 2.75) is 20.0 Å². The highest BCUT2D eigenvalue weighted by molar-refractivity contribution is 6.05. The quantitative estimate of drug-likeness (QED) is 0.489. The molecule has 4 aromatic rings. The molecule has 28 heavy (non-hydrogen) atoms. The lowest BCUT2D eigenvalue weighted by Gasteiger charge is -2.15. The topological polar surface area (TPSA) is 68.5 Å². The third kappa shape index (κ3) is 3.47. The van der Waals surface area contributed by atoms with E-state index in [1.807, 2.05) is 36.4 Å². The van der Waals surface area contributed by atoms with Crippen molar-refractivity contribution < 1.29 is 18.7 Å². The van der Waals surface area contributed by atoms with Gasteiger partial charge in [-0.25, -0.2) is 0 Å². The van der Waals surface area contributed by atoms with Gasteiger partial charge in [0.15, 0.2) is 11.9 Å². The predicted molar refractivity (Wildman–Crippen MR) is 109 cm³/mol. The molecule has 1 unspecified atom stereocenters. The normalized spacial score (nSPS) is 12.1. The third-order valence-electron chi connectivity index (χ3n) is 4.59. The zero-order chi connectivity index (χ0) is 19.7. The molecule has 3 aromatic carbocycles. The molecule has 0 aliphatic rings. The molecule has 0 saturated heterocycles. The Balaban J connectivity index is 1.49. The smallest absolute Gasteiger partial charge is 0.265 e. The molecule has 0 saturated carbocycles. The molecule has 1 N–H and O–H groups in total. The molecule has 1 heterocycles. The Bertz CT molecular complexity index is 1170. The van der Waals surface area contributed by atoms with Crippen molar-refractivity contribution in [1.82, 2.24) is 0 Å². The number of furan rings is 1. The van der Waals surface area contributed by atoms with Crippen molar-refractivity contribution in [3.05, 3.63) is 72.3 Å².